The molecule has 0 bridgehead atoms. The van der Waals surface area contributed by atoms with Gasteiger partial charge >= 0.3 is 5.97 Å². The molecular formula is C13H17FN2O4S. The van der Waals surface area contributed by atoms with Gasteiger partial charge in [0, 0.05) is 12.1 Å². The van der Waals surface area contributed by atoms with Crippen LogP contribution in [0.25, 0.3) is 0 Å². The Bertz CT molecular complexity index is 648. The maximum absolute atomic E-state index is 13.7. The van der Waals surface area contributed by atoms with Crippen molar-refractivity contribution in [3.63, 3.8) is 0 Å². The Morgan fingerprint density at radius 3 is 2.62 bits per heavy atom. The molecule has 1 fully saturated rings. The number of aromatic carboxylic acids is 1. The van der Waals surface area contributed by atoms with Gasteiger partial charge in [0.15, 0.2) is 0 Å². The van der Waals surface area contributed by atoms with Crippen molar-refractivity contribution in [1.29, 1.82) is 0 Å². The van der Waals surface area contributed by atoms with Crippen LogP contribution in [-0.4, -0.2) is 31.6 Å². The highest BCUT2D eigenvalue weighted by Crippen LogP contribution is 2.21. The lowest BCUT2D eigenvalue weighted by Gasteiger charge is -2.29. The summed E-state index contributed by atoms with van der Waals surface area (Å²) >= 11 is 0. The Morgan fingerprint density at radius 1 is 1.33 bits per heavy atom. The summed E-state index contributed by atoms with van der Waals surface area (Å²) in [4.78, 5) is 10.2. The van der Waals surface area contributed by atoms with E-state index < -0.39 is 32.7 Å². The van der Waals surface area contributed by atoms with Crippen molar-refractivity contribution in [2.24, 2.45) is 5.73 Å². The maximum Gasteiger partial charge on any atom is 0.335 e. The van der Waals surface area contributed by atoms with Crippen molar-refractivity contribution in [2.75, 3.05) is 0 Å². The highest BCUT2D eigenvalue weighted by Gasteiger charge is 2.29. The molecule has 2 atom stereocenters. The van der Waals surface area contributed by atoms with Crippen LogP contribution in [0.1, 0.15) is 36.0 Å². The molecule has 0 radical (unpaired) electrons. The number of carboxylic acids is 1. The standard InChI is InChI=1S/C13H17FN2O4S/c14-9-6-5-8(13(17)18)7-12(9)21(19,20)16-11-4-2-1-3-10(11)15/h5-7,10-11,16H,1-4,15H2,(H,17,18). The molecule has 1 aromatic rings. The third-order valence-electron chi connectivity index (χ3n) is 3.59. The van der Waals surface area contributed by atoms with Gasteiger partial charge in [-0.2, -0.15) is 0 Å². The van der Waals surface area contributed by atoms with Gasteiger partial charge in [-0.05, 0) is 31.0 Å². The van der Waals surface area contributed by atoms with E-state index in [2.05, 4.69) is 4.72 Å². The zero-order valence-electron chi connectivity index (χ0n) is 11.3. The van der Waals surface area contributed by atoms with Gasteiger partial charge < -0.3 is 10.8 Å². The summed E-state index contributed by atoms with van der Waals surface area (Å²) < 4.78 is 40.6. The average Bonchev–Trinajstić information content (AvgIpc) is 2.41. The first-order valence-electron chi connectivity index (χ1n) is 6.62. The molecule has 4 N–H and O–H groups in total. The summed E-state index contributed by atoms with van der Waals surface area (Å²) in [6, 6.07) is 1.88. The summed E-state index contributed by atoms with van der Waals surface area (Å²) in [6.07, 6.45) is 3.06. The van der Waals surface area contributed by atoms with E-state index in [-0.39, 0.29) is 11.6 Å². The van der Waals surface area contributed by atoms with E-state index in [9.17, 15) is 17.6 Å². The molecular weight excluding hydrogens is 299 g/mol. The van der Waals surface area contributed by atoms with Crippen molar-refractivity contribution < 1.29 is 22.7 Å². The smallest absolute Gasteiger partial charge is 0.335 e. The quantitative estimate of drug-likeness (QED) is 0.770. The van der Waals surface area contributed by atoms with Gasteiger partial charge in [0.2, 0.25) is 10.0 Å². The van der Waals surface area contributed by atoms with E-state index >= 15 is 0 Å². The number of carbonyl (C=O) groups is 1. The van der Waals surface area contributed by atoms with Crippen LogP contribution in [0.3, 0.4) is 0 Å². The third-order valence-corrected chi connectivity index (χ3v) is 5.10. The van der Waals surface area contributed by atoms with E-state index in [1.54, 1.807) is 0 Å². The lowest BCUT2D eigenvalue weighted by atomic mass is 9.92. The van der Waals surface area contributed by atoms with Crippen LogP contribution in [0.5, 0.6) is 0 Å². The summed E-state index contributed by atoms with van der Waals surface area (Å²) in [5.41, 5.74) is 5.58. The highest BCUT2D eigenvalue weighted by atomic mass is 32.2. The fourth-order valence-corrected chi connectivity index (χ4v) is 3.84. The van der Waals surface area contributed by atoms with Crippen molar-refractivity contribution >= 4 is 16.0 Å². The van der Waals surface area contributed by atoms with Crippen LogP contribution in [0.4, 0.5) is 4.39 Å². The lowest BCUT2D eigenvalue weighted by Crippen LogP contribution is -2.49. The molecule has 0 saturated heterocycles. The Hall–Kier alpha value is -1.51. The minimum Gasteiger partial charge on any atom is -0.478 e. The second-order valence-electron chi connectivity index (χ2n) is 5.13. The fourth-order valence-electron chi connectivity index (χ4n) is 2.41. The number of carboxylic acid groups (broad SMARTS) is 1. The van der Waals surface area contributed by atoms with E-state index in [0.29, 0.717) is 12.8 Å². The Balaban J connectivity index is 2.30. The second kappa shape index (κ2) is 6.08. The predicted molar refractivity (Wildman–Crippen MR) is 73.9 cm³/mol. The number of rotatable bonds is 4. The van der Waals surface area contributed by atoms with Crippen molar-refractivity contribution in [2.45, 2.75) is 42.7 Å². The number of sulfonamides is 1. The number of benzene rings is 1. The summed E-state index contributed by atoms with van der Waals surface area (Å²) in [6.45, 7) is 0. The fraction of sp³-hybridized carbons (Fsp3) is 0.462. The molecule has 6 nitrogen and oxygen atoms in total. The number of hydrogen-bond acceptors (Lipinski definition) is 4. The largest absolute Gasteiger partial charge is 0.478 e. The Labute approximate surface area is 122 Å². The summed E-state index contributed by atoms with van der Waals surface area (Å²) in [5.74, 6) is -2.31. The van der Waals surface area contributed by atoms with Crippen LogP contribution in [-0.2, 0) is 10.0 Å². The molecule has 1 saturated carbocycles. The predicted octanol–water partition coefficient (Wildman–Crippen LogP) is 1.07. The van der Waals surface area contributed by atoms with E-state index in [4.69, 9.17) is 10.8 Å². The minimum absolute atomic E-state index is 0.287. The van der Waals surface area contributed by atoms with Gasteiger partial charge in [0.05, 0.1) is 5.56 Å². The third kappa shape index (κ3) is 3.58. The molecule has 2 rings (SSSR count). The van der Waals surface area contributed by atoms with E-state index in [1.807, 2.05) is 0 Å². The van der Waals surface area contributed by atoms with Crippen LogP contribution >= 0.6 is 0 Å². The molecule has 1 aliphatic rings. The molecule has 2 unspecified atom stereocenters. The molecule has 0 aliphatic heterocycles. The van der Waals surface area contributed by atoms with Crippen LogP contribution < -0.4 is 10.5 Å². The van der Waals surface area contributed by atoms with Gasteiger partial charge in [-0.25, -0.2) is 22.3 Å². The molecule has 1 aromatic carbocycles. The molecule has 0 aromatic heterocycles. The van der Waals surface area contributed by atoms with E-state index in [0.717, 1.165) is 31.0 Å². The number of hydrogen-bond donors (Lipinski definition) is 3. The lowest BCUT2D eigenvalue weighted by molar-refractivity contribution is 0.0696. The van der Waals surface area contributed by atoms with Gasteiger partial charge in [0.1, 0.15) is 10.7 Å². The minimum atomic E-state index is -4.15. The highest BCUT2D eigenvalue weighted by molar-refractivity contribution is 7.89. The first-order valence-corrected chi connectivity index (χ1v) is 8.10. The van der Waals surface area contributed by atoms with Crippen LogP contribution in [0.15, 0.2) is 23.1 Å². The number of nitrogens with two attached hydrogens (primary N) is 1. The zero-order valence-corrected chi connectivity index (χ0v) is 12.1. The molecule has 116 valence electrons. The maximum atomic E-state index is 13.7. The normalized spacial score (nSPS) is 23.0. The van der Waals surface area contributed by atoms with Gasteiger partial charge in [-0.1, -0.05) is 12.8 Å². The average molecular weight is 316 g/mol. The summed E-state index contributed by atoms with van der Waals surface area (Å²) in [5, 5.41) is 8.87. The molecule has 8 heteroatoms. The summed E-state index contributed by atoms with van der Waals surface area (Å²) in [7, 11) is -4.15. The van der Waals surface area contributed by atoms with Crippen molar-refractivity contribution in [3.8, 4) is 0 Å². The molecule has 0 spiro atoms. The molecule has 0 amide bonds. The SMILES string of the molecule is NC1CCCCC1NS(=O)(=O)c1cc(C(=O)O)ccc1F. The molecule has 1 aliphatic carbocycles. The van der Waals surface area contributed by atoms with Gasteiger partial charge in [-0.3, -0.25) is 0 Å². The van der Waals surface area contributed by atoms with Crippen LogP contribution in [0, 0.1) is 5.82 Å². The molecule has 0 heterocycles. The molecule has 21 heavy (non-hydrogen) atoms. The van der Waals surface area contributed by atoms with Gasteiger partial charge in [0.25, 0.3) is 0 Å². The monoisotopic (exact) mass is 316 g/mol. The number of halogens is 1. The number of nitrogens with one attached hydrogen (secondary N) is 1. The van der Waals surface area contributed by atoms with Gasteiger partial charge in [-0.15, -0.1) is 0 Å². The second-order valence-corrected chi connectivity index (χ2v) is 6.81. The topological polar surface area (TPSA) is 109 Å². The first kappa shape index (κ1) is 15.9. The Kier molecular flexibility index (Phi) is 4.60. The van der Waals surface area contributed by atoms with Crippen molar-refractivity contribution in [1.82, 2.24) is 4.72 Å². The zero-order chi connectivity index (χ0) is 15.6. The van der Waals surface area contributed by atoms with Crippen LogP contribution in [0.2, 0.25) is 0 Å². The van der Waals surface area contributed by atoms with E-state index in [1.165, 1.54) is 0 Å². The first-order chi connectivity index (χ1) is 9.81. The van der Waals surface area contributed by atoms with Crippen molar-refractivity contribution in [3.05, 3.63) is 29.6 Å². The Morgan fingerprint density at radius 2 is 2.00 bits per heavy atom.